The topological polar surface area (TPSA) is 49.3 Å². The number of carbonyl (C=O) groups excluding carboxylic acids is 1. The number of carbonyl (C=O) groups is 1. The van der Waals surface area contributed by atoms with Crippen LogP contribution in [0.5, 0.6) is 0 Å². The fraction of sp³-hybridized carbons (Fsp3) is 0.909. The number of alkyl halides is 1. The van der Waals surface area contributed by atoms with Gasteiger partial charge in [-0.05, 0) is 39.5 Å². The van der Waals surface area contributed by atoms with Gasteiger partial charge < -0.3 is 10.4 Å². The summed E-state index contributed by atoms with van der Waals surface area (Å²) in [6.45, 7) is 3.68. The third-order valence-corrected chi connectivity index (χ3v) is 3.65. The number of amides is 1. The average molecular weight is 234 g/mol. The van der Waals surface area contributed by atoms with Crippen LogP contribution in [0.15, 0.2) is 0 Å². The molecule has 1 aliphatic carbocycles. The molecule has 0 aromatic carbocycles. The molecule has 3 nitrogen and oxygen atoms in total. The molecule has 0 heterocycles. The van der Waals surface area contributed by atoms with E-state index in [1.165, 1.54) is 0 Å². The molecule has 1 rings (SSSR count). The summed E-state index contributed by atoms with van der Waals surface area (Å²) in [5.74, 6) is 0.340. The van der Waals surface area contributed by atoms with Crippen molar-refractivity contribution in [1.82, 2.24) is 5.32 Å². The molecule has 0 aromatic rings. The van der Waals surface area contributed by atoms with Crippen LogP contribution < -0.4 is 5.32 Å². The van der Waals surface area contributed by atoms with Crippen molar-refractivity contribution in [3.05, 3.63) is 0 Å². The Morgan fingerprint density at radius 1 is 1.40 bits per heavy atom. The second-order valence-electron chi connectivity index (χ2n) is 5.00. The van der Waals surface area contributed by atoms with Gasteiger partial charge in [-0.1, -0.05) is 0 Å². The first-order chi connectivity index (χ1) is 6.95. The first-order valence-corrected chi connectivity index (χ1v) is 6.04. The Bertz CT molecular complexity index is 223. The smallest absolute Gasteiger partial charge is 0.227 e. The number of aliphatic hydroxyl groups excluding tert-OH is 1. The Balaban J connectivity index is 2.39. The van der Waals surface area contributed by atoms with E-state index in [1.807, 2.05) is 13.8 Å². The number of aliphatic hydroxyl groups is 1. The van der Waals surface area contributed by atoms with Gasteiger partial charge >= 0.3 is 0 Å². The van der Waals surface area contributed by atoms with Gasteiger partial charge in [0.2, 0.25) is 5.91 Å². The van der Waals surface area contributed by atoms with Gasteiger partial charge in [0.15, 0.2) is 0 Å². The van der Waals surface area contributed by atoms with E-state index in [-0.39, 0.29) is 18.1 Å². The van der Waals surface area contributed by atoms with Gasteiger partial charge in [0.25, 0.3) is 0 Å². The fourth-order valence-corrected chi connectivity index (χ4v) is 1.78. The normalized spacial score (nSPS) is 27.5. The SMILES string of the molecule is CC(C)(CCl)C(=O)NC1CCC(O)CC1. The van der Waals surface area contributed by atoms with E-state index in [0.717, 1.165) is 25.7 Å². The summed E-state index contributed by atoms with van der Waals surface area (Å²) >= 11 is 5.73. The highest BCUT2D eigenvalue weighted by atomic mass is 35.5. The number of hydrogen-bond acceptors (Lipinski definition) is 2. The zero-order chi connectivity index (χ0) is 11.5. The number of rotatable bonds is 3. The lowest BCUT2D eigenvalue weighted by Gasteiger charge is -2.29. The summed E-state index contributed by atoms with van der Waals surface area (Å²) in [6, 6.07) is 0.211. The van der Waals surface area contributed by atoms with Crippen LogP contribution in [0, 0.1) is 5.41 Å². The van der Waals surface area contributed by atoms with Gasteiger partial charge in [-0.15, -0.1) is 11.6 Å². The lowest BCUT2D eigenvalue weighted by Crippen LogP contribution is -2.45. The van der Waals surface area contributed by atoms with E-state index in [9.17, 15) is 9.90 Å². The van der Waals surface area contributed by atoms with Crippen molar-refractivity contribution in [2.24, 2.45) is 5.41 Å². The standard InChI is InChI=1S/C11H20ClNO2/c1-11(2,7-12)10(15)13-8-3-5-9(14)6-4-8/h8-9,14H,3-7H2,1-2H3,(H,13,15). The summed E-state index contributed by atoms with van der Waals surface area (Å²) in [4.78, 5) is 11.8. The van der Waals surface area contributed by atoms with Crippen LogP contribution in [0.2, 0.25) is 0 Å². The third kappa shape index (κ3) is 3.65. The van der Waals surface area contributed by atoms with Gasteiger partial charge in [-0.25, -0.2) is 0 Å². The first kappa shape index (κ1) is 12.8. The van der Waals surface area contributed by atoms with Crippen molar-refractivity contribution in [2.75, 3.05) is 5.88 Å². The molecule has 0 aromatic heterocycles. The van der Waals surface area contributed by atoms with Crippen LogP contribution >= 0.6 is 11.6 Å². The van der Waals surface area contributed by atoms with Crippen LogP contribution in [-0.4, -0.2) is 29.0 Å². The maximum Gasteiger partial charge on any atom is 0.227 e. The molecule has 1 saturated carbocycles. The Morgan fingerprint density at radius 2 is 1.93 bits per heavy atom. The third-order valence-electron chi connectivity index (χ3n) is 2.98. The van der Waals surface area contributed by atoms with Crippen LogP contribution in [0.3, 0.4) is 0 Å². The second-order valence-corrected chi connectivity index (χ2v) is 5.26. The lowest BCUT2D eigenvalue weighted by atomic mass is 9.90. The van der Waals surface area contributed by atoms with Crippen LogP contribution in [0.4, 0.5) is 0 Å². The van der Waals surface area contributed by atoms with Gasteiger partial charge in [0.1, 0.15) is 0 Å². The average Bonchev–Trinajstić information content (AvgIpc) is 2.21. The highest BCUT2D eigenvalue weighted by Gasteiger charge is 2.29. The Hall–Kier alpha value is -0.280. The van der Waals surface area contributed by atoms with Crippen molar-refractivity contribution in [3.8, 4) is 0 Å². The lowest BCUT2D eigenvalue weighted by molar-refractivity contribution is -0.129. The van der Waals surface area contributed by atoms with E-state index in [2.05, 4.69) is 5.32 Å². The van der Waals surface area contributed by atoms with Crippen molar-refractivity contribution in [2.45, 2.75) is 51.7 Å². The predicted molar refractivity (Wildman–Crippen MR) is 60.9 cm³/mol. The molecule has 0 radical (unpaired) electrons. The van der Waals surface area contributed by atoms with Gasteiger partial charge in [-0.3, -0.25) is 4.79 Å². The summed E-state index contributed by atoms with van der Waals surface area (Å²) in [7, 11) is 0. The monoisotopic (exact) mass is 233 g/mol. The molecular formula is C11H20ClNO2. The quantitative estimate of drug-likeness (QED) is 0.729. The van der Waals surface area contributed by atoms with Crippen LogP contribution in [0.25, 0.3) is 0 Å². The second kappa shape index (κ2) is 5.17. The Labute approximate surface area is 96.2 Å². The van der Waals surface area contributed by atoms with Gasteiger partial charge in [0, 0.05) is 11.9 Å². The van der Waals surface area contributed by atoms with Gasteiger partial charge in [-0.2, -0.15) is 0 Å². The predicted octanol–water partition coefficient (Wildman–Crippen LogP) is 1.67. The van der Waals surface area contributed by atoms with E-state index in [0.29, 0.717) is 5.88 Å². The van der Waals surface area contributed by atoms with Gasteiger partial charge in [0.05, 0.1) is 11.5 Å². The number of hydrogen-bond donors (Lipinski definition) is 2. The molecule has 2 N–H and O–H groups in total. The molecular weight excluding hydrogens is 214 g/mol. The van der Waals surface area contributed by atoms with Crippen molar-refractivity contribution >= 4 is 17.5 Å². The van der Waals surface area contributed by atoms with Crippen molar-refractivity contribution in [1.29, 1.82) is 0 Å². The summed E-state index contributed by atoms with van der Waals surface area (Å²) < 4.78 is 0. The van der Waals surface area contributed by atoms with Crippen molar-refractivity contribution in [3.63, 3.8) is 0 Å². The maximum atomic E-state index is 11.8. The van der Waals surface area contributed by atoms with E-state index >= 15 is 0 Å². The first-order valence-electron chi connectivity index (χ1n) is 5.50. The van der Waals surface area contributed by atoms with E-state index in [4.69, 9.17) is 11.6 Å². The van der Waals surface area contributed by atoms with E-state index in [1.54, 1.807) is 0 Å². The zero-order valence-electron chi connectivity index (χ0n) is 9.42. The Morgan fingerprint density at radius 3 is 2.40 bits per heavy atom. The largest absolute Gasteiger partial charge is 0.393 e. The summed E-state index contributed by atoms with van der Waals surface area (Å²) in [5, 5.41) is 12.3. The molecule has 0 spiro atoms. The molecule has 0 unspecified atom stereocenters. The van der Waals surface area contributed by atoms with Crippen molar-refractivity contribution < 1.29 is 9.90 Å². The Kier molecular flexibility index (Phi) is 4.41. The molecule has 1 fully saturated rings. The molecule has 0 bridgehead atoms. The molecule has 0 atom stereocenters. The molecule has 15 heavy (non-hydrogen) atoms. The molecule has 0 saturated heterocycles. The highest BCUT2D eigenvalue weighted by Crippen LogP contribution is 2.21. The zero-order valence-corrected chi connectivity index (χ0v) is 10.2. The summed E-state index contributed by atoms with van der Waals surface area (Å²) in [6.07, 6.45) is 3.12. The minimum atomic E-state index is -0.502. The minimum Gasteiger partial charge on any atom is -0.393 e. The number of nitrogens with one attached hydrogen (secondary N) is 1. The minimum absolute atomic E-state index is 0.0129. The maximum absolute atomic E-state index is 11.8. The van der Waals surface area contributed by atoms with Crippen LogP contribution in [0.1, 0.15) is 39.5 Å². The van der Waals surface area contributed by atoms with Crippen LogP contribution in [-0.2, 0) is 4.79 Å². The molecule has 1 aliphatic rings. The molecule has 1 amide bonds. The number of halogens is 1. The fourth-order valence-electron chi connectivity index (χ4n) is 1.66. The molecule has 0 aliphatic heterocycles. The summed E-state index contributed by atoms with van der Waals surface area (Å²) in [5.41, 5.74) is -0.502. The highest BCUT2D eigenvalue weighted by molar-refractivity contribution is 6.19. The molecule has 88 valence electrons. The van der Waals surface area contributed by atoms with E-state index < -0.39 is 5.41 Å². The molecule has 4 heteroatoms.